The van der Waals surface area contributed by atoms with Crippen molar-refractivity contribution in [2.45, 2.75) is 26.7 Å². The molecule has 0 unspecified atom stereocenters. The molecule has 0 saturated carbocycles. The van der Waals surface area contributed by atoms with Crippen LogP contribution in [0.1, 0.15) is 24.0 Å². The minimum Gasteiger partial charge on any atom is -0.493 e. The van der Waals surface area contributed by atoms with Crippen molar-refractivity contribution in [3.63, 3.8) is 0 Å². The molecule has 2 aromatic carbocycles. The Morgan fingerprint density at radius 3 is 2.43 bits per heavy atom. The van der Waals surface area contributed by atoms with Gasteiger partial charge in [0.15, 0.2) is 0 Å². The SMILES string of the molecule is Cc1ccc(OCCC(=O)N2CCCN(C(=O)Nc3ccc(Cl)cc3)CC2)c(C)c1. The summed E-state index contributed by atoms with van der Waals surface area (Å²) in [5, 5.41) is 3.50. The van der Waals surface area contributed by atoms with E-state index in [0.29, 0.717) is 49.9 Å². The van der Waals surface area contributed by atoms with E-state index in [1.807, 2.05) is 30.9 Å². The molecular formula is C23H28ClN3O3. The first kappa shape index (κ1) is 22.0. The molecule has 1 saturated heterocycles. The molecule has 0 aliphatic carbocycles. The molecular weight excluding hydrogens is 402 g/mol. The van der Waals surface area contributed by atoms with Gasteiger partial charge in [-0.3, -0.25) is 4.79 Å². The zero-order valence-electron chi connectivity index (χ0n) is 17.5. The molecule has 0 atom stereocenters. The molecule has 1 aliphatic heterocycles. The summed E-state index contributed by atoms with van der Waals surface area (Å²) in [7, 11) is 0. The summed E-state index contributed by atoms with van der Waals surface area (Å²) in [5.74, 6) is 0.869. The lowest BCUT2D eigenvalue weighted by atomic mass is 10.1. The number of benzene rings is 2. The average Bonchev–Trinajstić information content (AvgIpc) is 2.98. The van der Waals surface area contributed by atoms with Crippen LogP contribution in [0.2, 0.25) is 5.02 Å². The zero-order valence-corrected chi connectivity index (χ0v) is 18.2. The fourth-order valence-corrected chi connectivity index (χ4v) is 3.60. The highest BCUT2D eigenvalue weighted by atomic mass is 35.5. The van der Waals surface area contributed by atoms with E-state index < -0.39 is 0 Å². The van der Waals surface area contributed by atoms with Crippen molar-refractivity contribution in [1.29, 1.82) is 0 Å². The largest absolute Gasteiger partial charge is 0.493 e. The number of aryl methyl sites for hydroxylation is 2. The summed E-state index contributed by atoms with van der Waals surface area (Å²) in [6, 6.07) is 12.9. The van der Waals surface area contributed by atoms with Crippen LogP contribution in [-0.4, -0.2) is 54.5 Å². The number of carbonyl (C=O) groups excluding carboxylic acids is 2. The number of ether oxygens (including phenoxy) is 1. The molecule has 1 N–H and O–H groups in total. The summed E-state index contributed by atoms with van der Waals surface area (Å²) in [6.45, 7) is 6.68. The van der Waals surface area contributed by atoms with Crippen molar-refractivity contribution >= 4 is 29.2 Å². The molecule has 30 heavy (non-hydrogen) atoms. The molecule has 0 radical (unpaired) electrons. The highest BCUT2D eigenvalue weighted by Gasteiger charge is 2.22. The summed E-state index contributed by atoms with van der Waals surface area (Å²) in [5.41, 5.74) is 2.95. The van der Waals surface area contributed by atoms with Crippen LogP contribution in [0, 0.1) is 13.8 Å². The highest BCUT2D eigenvalue weighted by molar-refractivity contribution is 6.30. The Labute approximate surface area is 182 Å². The lowest BCUT2D eigenvalue weighted by Crippen LogP contribution is -2.39. The molecule has 1 heterocycles. The number of urea groups is 1. The summed E-state index contributed by atoms with van der Waals surface area (Å²) >= 11 is 5.88. The van der Waals surface area contributed by atoms with Gasteiger partial charge in [-0.2, -0.15) is 0 Å². The average molecular weight is 430 g/mol. The molecule has 0 bridgehead atoms. The van der Waals surface area contributed by atoms with Crippen LogP contribution in [0.4, 0.5) is 10.5 Å². The molecule has 160 valence electrons. The third-order valence-corrected chi connectivity index (χ3v) is 5.39. The van der Waals surface area contributed by atoms with Crippen molar-refractivity contribution in [3.8, 4) is 5.75 Å². The second kappa shape index (κ2) is 10.3. The minimum atomic E-state index is -0.162. The van der Waals surface area contributed by atoms with Gasteiger partial charge in [-0.05, 0) is 56.2 Å². The van der Waals surface area contributed by atoms with Crippen LogP contribution in [0.5, 0.6) is 5.75 Å². The maximum Gasteiger partial charge on any atom is 0.321 e. The molecule has 6 nitrogen and oxygen atoms in total. The van der Waals surface area contributed by atoms with Crippen molar-refractivity contribution in [2.24, 2.45) is 0 Å². The Morgan fingerprint density at radius 1 is 1.00 bits per heavy atom. The van der Waals surface area contributed by atoms with E-state index >= 15 is 0 Å². The van der Waals surface area contributed by atoms with Crippen molar-refractivity contribution in [1.82, 2.24) is 9.80 Å². The molecule has 3 amide bonds. The van der Waals surface area contributed by atoms with Gasteiger partial charge in [0, 0.05) is 36.9 Å². The lowest BCUT2D eigenvalue weighted by Gasteiger charge is -2.22. The van der Waals surface area contributed by atoms with Crippen LogP contribution in [-0.2, 0) is 4.79 Å². The molecule has 7 heteroatoms. The smallest absolute Gasteiger partial charge is 0.321 e. The topological polar surface area (TPSA) is 61.9 Å². The van der Waals surface area contributed by atoms with E-state index in [9.17, 15) is 9.59 Å². The Balaban J connectivity index is 1.45. The van der Waals surface area contributed by atoms with Crippen LogP contribution in [0.25, 0.3) is 0 Å². The Morgan fingerprint density at radius 2 is 1.70 bits per heavy atom. The molecule has 1 fully saturated rings. The van der Waals surface area contributed by atoms with E-state index in [1.165, 1.54) is 5.56 Å². The summed E-state index contributed by atoms with van der Waals surface area (Å²) in [6.07, 6.45) is 1.07. The number of nitrogens with one attached hydrogen (secondary N) is 1. The molecule has 0 spiro atoms. The molecule has 0 aromatic heterocycles. The number of hydrogen-bond donors (Lipinski definition) is 1. The van der Waals surface area contributed by atoms with Crippen LogP contribution >= 0.6 is 11.6 Å². The van der Waals surface area contributed by atoms with Crippen LogP contribution in [0.15, 0.2) is 42.5 Å². The first-order chi connectivity index (χ1) is 14.4. The second-order valence-corrected chi connectivity index (χ2v) is 7.96. The van der Waals surface area contributed by atoms with E-state index in [2.05, 4.69) is 11.4 Å². The van der Waals surface area contributed by atoms with E-state index in [0.717, 1.165) is 17.7 Å². The van der Waals surface area contributed by atoms with Crippen LogP contribution in [0.3, 0.4) is 0 Å². The number of amides is 3. The Bertz CT molecular complexity index is 886. The predicted octanol–water partition coefficient (Wildman–Crippen LogP) is 4.49. The van der Waals surface area contributed by atoms with Gasteiger partial charge in [-0.15, -0.1) is 0 Å². The fourth-order valence-electron chi connectivity index (χ4n) is 3.47. The molecule has 1 aliphatic rings. The normalized spacial score (nSPS) is 14.2. The predicted molar refractivity (Wildman–Crippen MR) is 119 cm³/mol. The lowest BCUT2D eigenvalue weighted by molar-refractivity contribution is -0.131. The molecule has 2 aromatic rings. The number of hydrogen-bond acceptors (Lipinski definition) is 3. The molecule has 3 rings (SSSR count). The van der Waals surface area contributed by atoms with Gasteiger partial charge in [0.05, 0.1) is 13.0 Å². The van der Waals surface area contributed by atoms with Crippen molar-refractivity contribution < 1.29 is 14.3 Å². The van der Waals surface area contributed by atoms with Gasteiger partial charge in [-0.1, -0.05) is 29.3 Å². The number of nitrogens with zero attached hydrogens (tertiary/aromatic N) is 2. The van der Waals surface area contributed by atoms with Gasteiger partial charge in [0.1, 0.15) is 5.75 Å². The van der Waals surface area contributed by atoms with E-state index in [-0.39, 0.29) is 11.9 Å². The van der Waals surface area contributed by atoms with Gasteiger partial charge >= 0.3 is 6.03 Å². The maximum atomic E-state index is 12.6. The fraction of sp³-hybridized carbons (Fsp3) is 0.391. The third-order valence-electron chi connectivity index (χ3n) is 5.14. The van der Waals surface area contributed by atoms with Crippen molar-refractivity contribution in [3.05, 3.63) is 58.6 Å². The monoisotopic (exact) mass is 429 g/mol. The first-order valence-corrected chi connectivity index (χ1v) is 10.6. The number of halogens is 1. The summed E-state index contributed by atoms with van der Waals surface area (Å²) in [4.78, 5) is 28.7. The standard InChI is InChI=1S/C23H28ClN3O3/c1-17-4-9-21(18(2)16-17)30-15-10-22(28)26-11-3-12-27(14-13-26)23(29)25-20-7-5-19(24)6-8-20/h4-9,16H,3,10-15H2,1-2H3,(H,25,29). The zero-order chi connectivity index (χ0) is 21.5. The quantitative estimate of drug-likeness (QED) is 0.761. The highest BCUT2D eigenvalue weighted by Crippen LogP contribution is 2.19. The van der Waals surface area contributed by atoms with Gasteiger partial charge in [0.2, 0.25) is 5.91 Å². The number of carbonyl (C=O) groups is 2. The van der Waals surface area contributed by atoms with Gasteiger partial charge in [0.25, 0.3) is 0 Å². The number of rotatable bonds is 5. The van der Waals surface area contributed by atoms with Gasteiger partial charge < -0.3 is 19.9 Å². The van der Waals surface area contributed by atoms with Gasteiger partial charge in [-0.25, -0.2) is 4.79 Å². The number of anilines is 1. The van der Waals surface area contributed by atoms with E-state index in [1.54, 1.807) is 29.2 Å². The first-order valence-electron chi connectivity index (χ1n) is 10.2. The Kier molecular flexibility index (Phi) is 7.57. The maximum absolute atomic E-state index is 12.6. The minimum absolute atomic E-state index is 0.0553. The van der Waals surface area contributed by atoms with E-state index in [4.69, 9.17) is 16.3 Å². The van der Waals surface area contributed by atoms with Crippen LogP contribution < -0.4 is 10.1 Å². The second-order valence-electron chi connectivity index (χ2n) is 7.53. The third kappa shape index (κ3) is 6.13. The van der Waals surface area contributed by atoms with Crippen molar-refractivity contribution in [2.75, 3.05) is 38.1 Å². The summed E-state index contributed by atoms with van der Waals surface area (Å²) < 4.78 is 5.79. The Hall–Kier alpha value is -2.73.